The molecule has 6 atom stereocenters. The molecule has 0 aromatic rings. The lowest BCUT2D eigenvalue weighted by atomic mass is 9.62. The first kappa shape index (κ1) is 38.2. The number of aliphatic hydroxyl groups is 2. The zero-order valence-electron chi connectivity index (χ0n) is 31.1. The average molecular weight is 651 g/mol. The summed E-state index contributed by atoms with van der Waals surface area (Å²) in [6, 6.07) is 0. The number of ether oxygens (including phenoxy) is 1. The molecule has 0 amide bonds. The predicted molar refractivity (Wildman–Crippen MR) is 190 cm³/mol. The number of rotatable bonds is 10. The van der Waals surface area contributed by atoms with Crippen LogP contribution in [-0.4, -0.2) is 63.5 Å². The molecule has 0 bridgehead atoms. The van der Waals surface area contributed by atoms with Gasteiger partial charge in [0.2, 0.25) is 0 Å². The van der Waals surface area contributed by atoms with Crippen LogP contribution in [0, 0.1) is 17.3 Å². The standard InChI is InChI=1S/C37H70O5Si2/c1-26(40-23-22-36(8,9)39)29-19-20-30-28(16-15-21-37(29,30)10)18-17-27-24-31(41-43(11,12)34(2,3)4)33(38)32(25-27)42-44(13,14)35(5,6)7/h17-18,26,29-33,38-39H,15-16,19-25H2,1-14H3/b27-17?,28-18+/t26-,29?,30?,31-,32-,33?,37?/m1/s1. The molecule has 3 fully saturated rings. The van der Waals surface area contributed by atoms with Gasteiger partial charge in [0.15, 0.2) is 16.6 Å². The van der Waals surface area contributed by atoms with E-state index in [2.05, 4.69) is 93.7 Å². The summed E-state index contributed by atoms with van der Waals surface area (Å²) >= 11 is 0. The lowest BCUT2D eigenvalue weighted by Crippen LogP contribution is -2.55. The van der Waals surface area contributed by atoms with E-state index in [4.69, 9.17) is 13.6 Å². The first-order valence-electron chi connectivity index (χ1n) is 17.6. The average Bonchev–Trinajstić information content (AvgIpc) is 3.20. The zero-order chi connectivity index (χ0) is 33.5. The SMILES string of the molecule is C[C@@H](OCCC(C)(C)O)C1CCC2/C(=C/C=C3C[C@@H](O[Si](C)(C)C(C)(C)C)C(O)[C@H](O[Si](C)(C)C(C)(C)C)C3)CCCC21C. The molecule has 0 radical (unpaired) electrons. The summed E-state index contributed by atoms with van der Waals surface area (Å²) in [5.41, 5.74) is 2.50. The van der Waals surface area contributed by atoms with Crippen LogP contribution in [0.4, 0.5) is 0 Å². The Bertz CT molecular complexity index is 988. The highest BCUT2D eigenvalue weighted by Gasteiger charge is 2.51. The molecular weight excluding hydrogens is 581 g/mol. The van der Waals surface area contributed by atoms with Crippen LogP contribution in [0.25, 0.3) is 0 Å². The molecule has 0 aromatic carbocycles. The second-order valence-corrected chi connectivity index (χ2v) is 28.0. The normalized spacial score (nSPS) is 32.6. The van der Waals surface area contributed by atoms with Gasteiger partial charge < -0.3 is 23.8 Å². The van der Waals surface area contributed by atoms with Gasteiger partial charge in [-0.1, -0.05) is 71.8 Å². The van der Waals surface area contributed by atoms with Gasteiger partial charge in [-0.15, -0.1) is 0 Å². The molecule has 7 heteroatoms. The summed E-state index contributed by atoms with van der Waals surface area (Å²) in [6.07, 6.45) is 12.2. The zero-order valence-corrected chi connectivity index (χ0v) is 33.1. The number of aliphatic hydroxyl groups excluding tert-OH is 1. The van der Waals surface area contributed by atoms with E-state index in [1.165, 1.54) is 37.7 Å². The highest BCUT2D eigenvalue weighted by atomic mass is 28.4. The van der Waals surface area contributed by atoms with Crippen LogP contribution in [0.5, 0.6) is 0 Å². The Morgan fingerprint density at radius 3 is 1.89 bits per heavy atom. The lowest BCUT2D eigenvalue weighted by molar-refractivity contribution is -0.0604. The Hall–Kier alpha value is -0.286. The fourth-order valence-electron chi connectivity index (χ4n) is 7.44. The molecule has 44 heavy (non-hydrogen) atoms. The topological polar surface area (TPSA) is 68.2 Å². The largest absolute Gasteiger partial charge is 0.411 e. The van der Waals surface area contributed by atoms with Crippen molar-refractivity contribution in [3.05, 3.63) is 23.3 Å². The molecular formula is C37H70O5Si2. The van der Waals surface area contributed by atoms with Gasteiger partial charge in [-0.25, -0.2) is 0 Å². The van der Waals surface area contributed by atoms with Gasteiger partial charge in [0.25, 0.3) is 0 Å². The minimum Gasteiger partial charge on any atom is -0.411 e. The lowest BCUT2D eigenvalue weighted by Gasteiger charge is -2.47. The van der Waals surface area contributed by atoms with Crippen LogP contribution < -0.4 is 0 Å². The van der Waals surface area contributed by atoms with Crippen molar-refractivity contribution < 1.29 is 23.8 Å². The molecule has 0 aromatic heterocycles. The van der Waals surface area contributed by atoms with Crippen LogP contribution in [0.15, 0.2) is 23.3 Å². The number of hydrogen-bond acceptors (Lipinski definition) is 5. The van der Waals surface area contributed by atoms with Crippen molar-refractivity contribution in [3.63, 3.8) is 0 Å². The molecule has 0 saturated heterocycles. The van der Waals surface area contributed by atoms with Crippen LogP contribution in [0.2, 0.25) is 36.3 Å². The molecule has 3 rings (SSSR count). The second-order valence-electron chi connectivity index (χ2n) is 18.5. The minimum absolute atomic E-state index is 0.0759. The maximum atomic E-state index is 11.7. The van der Waals surface area contributed by atoms with E-state index < -0.39 is 28.3 Å². The van der Waals surface area contributed by atoms with Gasteiger partial charge in [-0.05, 0) is 126 Å². The van der Waals surface area contributed by atoms with Crippen LogP contribution in [0.3, 0.4) is 0 Å². The summed E-state index contributed by atoms with van der Waals surface area (Å²) in [7, 11) is -4.17. The summed E-state index contributed by atoms with van der Waals surface area (Å²) in [4.78, 5) is 0. The molecule has 256 valence electrons. The molecule has 3 aliphatic carbocycles. The van der Waals surface area contributed by atoms with Crippen molar-refractivity contribution in [2.45, 2.75) is 187 Å². The van der Waals surface area contributed by atoms with Gasteiger partial charge in [0, 0.05) is 6.61 Å². The van der Waals surface area contributed by atoms with Gasteiger partial charge in [0.05, 0.1) is 23.9 Å². The summed E-state index contributed by atoms with van der Waals surface area (Å²) in [6.45, 7) is 31.9. The minimum atomic E-state index is -2.08. The molecule has 0 heterocycles. The number of fused-ring (bicyclic) bond motifs is 1. The fourth-order valence-corrected chi connectivity index (χ4v) is 10.1. The van der Waals surface area contributed by atoms with E-state index in [0.29, 0.717) is 24.9 Å². The first-order valence-corrected chi connectivity index (χ1v) is 23.5. The van der Waals surface area contributed by atoms with Crippen molar-refractivity contribution in [1.82, 2.24) is 0 Å². The molecule has 5 nitrogen and oxygen atoms in total. The van der Waals surface area contributed by atoms with E-state index in [1.54, 1.807) is 5.57 Å². The second kappa shape index (κ2) is 13.7. The van der Waals surface area contributed by atoms with Crippen LogP contribution in [-0.2, 0) is 13.6 Å². The molecule has 2 N–H and O–H groups in total. The van der Waals surface area contributed by atoms with Crippen molar-refractivity contribution in [2.24, 2.45) is 17.3 Å². The fraction of sp³-hybridized carbons (Fsp3) is 0.892. The number of hydrogen-bond donors (Lipinski definition) is 2. The third kappa shape index (κ3) is 8.99. The highest BCUT2D eigenvalue weighted by Crippen LogP contribution is 2.58. The van der Waals surface area contributed by atoms with E-state index in [0.717, 1.165) is 12.8 Å². The number of allylic oxidation sites excluding steroid dienone is 3. The van der Waals surface area contributed by atoms with Crippen LogP contribution >= 0.6 is 0 Å². The molecule has 3 unspecified atom stereocenters. The van der Waals surface area contributed by atoms with E-state index in [-0.39, 0.29) is 33.8 Å². The summed E-state index contributed by atoms with van der Waals surface area (Å²) < 4.78 is 20.2. The van der Waals surface area contributed by atoms with Crippen molar-refractivity contribution in [3.8, 4) is 0 Å². The molecule has 0 aliphatic heterocycles. The van der Waals surface area contributed by atoms with Gasteiger partial charge in [-0.3, -0.25) is 0 Å². The van der Waals surface area contributed by atoms with Crippen LogP contribution in [0.1, 0.15) is 121 Å². The monoisotopic (exact) mass is 650 g/mol. The Morgan fingerprint density at radius 2 is 1.41 bits per heavy atom. The Kier molecular flexibility index (Phi) is 11.9. The quantitative estimate of drug-likeness (QED) is 0.231. The maximum absolute atomic E-state index is 11.7. The summed E-state index contributed by atoms with van der Waals surface area (Å²) in [5.74, 6) is 1.13. The highest BCUT2D eigenvalue weighted by molar-refractivity contribution is 6.74. The van der Waals surface area contributed by atoms with E-state index in [1.807, 2.05) is 13.8 Å². The van der Waals surface area contributed by atoms with Gasteiger partial charge in [0.1, 0.15) is 6.10 Å². The van der Waals surface area contributed by atoms with Gasteiger partial charge in [-0.2, -0.15) is 0 Å². The third-order valence-electron chi connectivity index (χ3n) is 12.4. The first-order chi connectivity index (χ1) is 19.9. The Morgan fingerprint density at radius 1 is 0.886 bits per heavy atom. The van der Waals surface area contributed by atoms with E-state index >= 15 is 0 Å². The van der Waals surface area contributed by atoms with Gasteiger partial charge >= 0.3 is 0 Å². The van der Waals surface area contributed by atoms with Crippen molar-refractivity contribution >= 4 is 16.6 Å². The Balaban J connectivity index is 1.85. The predicted octanol–water partition coefficient (Wildman–Crippen LogP) is 9.56. The Labute approximate surface area is 273 Å². The molecule has 3 aliphatic rings. The van der Waals surface area contributed by atoms with Crippen molar-refractivity contribution in [2.75, 3.05) is 6.61 Å². The smallest absolute Gasteiger partial charge is 0.192 e. The van der Waals surface area contributed by atoms with Crippen molar-refractivity contribution in [1.29, 1.82) is 0 Å². The summed E-state index contributed by atoms with van der Waals surface area (Å²) in [5, 5.41) is 22.0. The third-order valence-corrected chi connectivity index (χ3v) is 21.4. The molecule has 0 spiro atoms. The van der Waals surface area contributed by atoms with E-state index in [9.17, 15) is 10.2 Å². The maximum Gasteiger partial charge on any atom is 0.192 e. The molecule has 3 saturated carbocycles.